The van der Waals surface area contributed by atoms with Crippen LogP contribution < -0.4 is 0 Å². The van der Waals surface area contributed by atoms with Gasteiger partial charge in [-0.2, -0.15) is 0 Å². The van der Waals surface area contributed by atoms with Crippen molar-refractivity contribution >= 4 is 11.3 Å². The lowest BCUT2D eigenvalue weighted by atomic mass is 9.97. The Balaban J connectivity index is 1.91. The summed E-state index contributed by atoms with van der Waals surface area (Å²) in [7, 11) is 0. The van der Waals surface area contributed by atoms with Gasteiger partial charge in [-0.15, -0.1) is 11.3 Å². The zero-order valence-corrected chi connectivity index (χ0v) is 9.80. The van der Waals surface area contributed by atoms with E-state index in [9.17, 15) is 5.11 Å². The van der Waals surface area contributed by atoms with Gasteiger partial charge in [0.2, 0.25) is 0 Å². The van der Waals surface area contributed by atoms with Gasteiger partial charge in [0.05, 0.1) is 16.8 Å². The molecular weight excluding hydrogens is 210 g/mol. The monoisotopic (exact) mass is 227 g/mol. The molecule has 84 valence electrons. The fraction of sp³-hybridized carbons (Fsp3) is 0.727. The van der Waals surface area contributed by atoms with Crippen molar-refractivity contribution in [1.29, 1.82) is 0 Å². The first-order valence-corrected chi connectivity index (χ1v) is 6.34. The number of aliphatic hydroxyl groups is 1. The molecule has 1 N–H and O–H groups in total. The van der Waals surface area contributed by atoms with Crippen LogP contribution in [-0.2, 0) is 11.2 Å². The van der Waals surface area contributed by atoms with Crippen molar-refractivity contribution in [2.24, 2.45) is 5.92 Å². The van der Waals surface area contributed by atoms with E-state index in [2.05, 4.69) is 4.98 Å². The molecule has 1 aliphatic rings. The third-order valence-corrected chi connectivity index (χ3v) is 3.69. The van der Waals surface area contributed by atoms with Crippen molar-refractivity contribution < 1.29 is 9.84 Å². The molecule has 0 radical (unpaired) electrons. The molecule has 0 saturated carbocycles. The molecule has 0 aliphatic carbocycles. The van der Waals surface area contributed by atoms with Crippen LogP contribution in [0.1, 0.15) is 36.6 Å². The van der Waals surface area contributed by atoms with E-state index in [1.165, 1.54) is 0 Å². The molecule has 1 unspecified atom stereocenters. The number of nitrogens with zero attached hydrogens (tertiary/aromatic N) is 1. The van der Waals surface area contributed by atoms with Gasteiger partial charge in [-0.25, -0.2) is 4.98 Å². The summed E-state index contributed by atoms with van der Waals surface area (Å²) in [6.45, 7) is 3.53. The molecule has 1 aromatic heterocycles. The highest BCUT2D eigenvalue weighted by molar-refractivity contribution is 7.09. The maximum Gasteiger partial charge on any atom is 0.0940 e. The van der Waals surface area contributed by atoms with Crippen molar-refractivity contribution in [3.05, 3.63) is 16.1 Å². The largest absolute Gasteiger partial charge is 0.387 e. The van der Waals surface area contributed by atoms with Crippen LogP contribution in [0.4, 0.5) is 0 Å². The van der Waals surface area contributed by atoms with E-state index >= 15 is 0 Å². The number of rotatable bonds is 3. The fourth-order valence-electron chi connectivity index (χ4n) is 1.81. The fourth-order valence-corrected chi connectivity index (χ4v) is 2.80. The summed E-state index contributed by atoms with van der Waals surface area (Å²) < 4.78 is 5.32. The quantitative estimate of drug-likeness (QED) is 0.860. The summed E-state index contributed by atoms with van der Waals surface area (Å²) >= 11 is 1.66. The average Bonchev–Trinajstić information content (AvgIpc) is 2.68. The number of aromatic nitrogens is 1. The first-order valence-electron chi connectivity index (χ1n) is 5.46. The van der Waals surface area contributed by atoms with Crippen molar-refractivity contribution in [1.82, 2.24) is 4.98 Å². The average molecular weight is 227 g/mol. The number of thiazole rings is 1. The van der Waals surface area contributed by atoms with Gasteiger partial charge in [0, 0.05) is 25.0 Å². The molecule has 1 saturated heterocycles. The predicted octanol–water partition coefficient (Wildman–Crippen LogP) is 2.17. The second-order valence-corrected chi connectivity index (χ2v) is 5.04. The van der Waals surface area contributed by atoms with Gasteiger partial charge in [0.15, 0.2) is 0 Å². The summed E-state index contributed by atoms with van der Waals surface area (Å²) in [6, 6.07) is 0. The van der Waals surface area contributed by atoms with Gasteiger partial charge >= 0.3 is 0 Å². The van der Waals surface area contributed by atoms with Crippen LogP contribution in [0, 0.1) is 5.92 Å². The molecule has 3 nitrogen and oxygen atoms in total. The van der Waals surface area contributed by atoms with E-state index < -0.39 is 6.10 Å². The minimum atomic E-state index is -0.440. The van der Waals surface area contributed by atoms with Crippen molar-refractivity contribution in [3.63, 3.8) is 0 Å². The van der Waals surface area contributed by atoms with E-state index in [0.29, 0.717) is 5.92 Å². The first-order chi connectivity index (χ1) is 7.25. The lowest BCUT2D eigenvalue weighted by Gasteiger charge is -2.20. The smallest absolute Gasteiger partial charge is 0.0940 e. The highest BCUT2D eigenvalue weighted by Gasteiger charge is 2.16. The number of hydrogen-bond acceptors (Lipinski definition) is 4. The summed E-state index contributed by atoms with van der Waals surface area (Å²) in [6.07, 6.45) is 2.89. The molecule has 0 amide bonds. The van der Waals surface area contributed by atoms with Crippen LogP contribution in [0.3, 0.4) is 0 Å². The molecule has 0 spiro atoms. The topological polar surface area (TPSA) is 42.4 Å². The van der Waals surface area contributed by atoms with Gasteiger partial charge in [0.1, 0.15) is 0 Å². The van der Waals surface area contributed by atoms with Gasteiger partial charge in [0.25, 0.3) is 0 Å². The molecular formula is C11H17NO2S. The number of aliphatic hydroxyl groups excluding tert-OH is 1. The molecule has 2 rings (SSSR count). The summed E-state index contributed by atoms with van der Waals surface area (Å²) in [5.74, 6) is 0.715. The Kier molecular flexibility index (Phi) is 3.72. The molecule has 2 heterocycles. The van der Waals surface area contributed by atoms with Crippen LogP contribution in [0.5, 0.6) is 0 Å². The van der Waals surface area contributed by atoms with Crippen LogP contribution in [0.25, 0.3) is 0 Å². The Labute approximate surface area is 94.1 Å². The second kappa shape index (κ2) is 5.05. The minimum Gasteiger partial charge on any atom is -0.387 e. The molecule has 0 aromatic carbocycles. The van der Waals surface area contributed by atoms with Crippen molar-refractivity contribution in [2.45, 2.75) is 32.3 Å². The summed E-state index contributed by atoms with van der Waals surface area (Å²) in [4.78, 5) is 4.43. The van der Waals surface area contributed by atoms with Crippen LogP contribution in [0.15, 0.2) is 5.38 Å². The summed E-state index contributed by atoms with van der Waals surface area (Å²) in [5, 5.41) is 12.5. The summed E-state index contributed by atoms with van der Waals surface area (Å²) in [5.41, 5.74) is 0.807. The minimum absolute atomic E-state index is 0.440. The lowest BCUT2D eigenvalue weighted by molar-refractivity contribution is 0.0665. The SMILES string of the molecule is CC(O)c1csc(CC2CCOCC2)n1. The first kappa shape index (κ1) is 11.0. The Morgan fingerprint density at radius 3 is 2.93 bits per heavy atom. The Hall–Kier alpha value is -0.450. The third kappa shape index (κ3) is 3.00. The van der Waals surface area contributed by atoms with E-state index in [-0.39, 0.29) is 0 Å². The standard InChI is InChI=1S/C11H17NO2S/c1-8(13)10-7-15-11(12-10)6-9-2-4-14-5-3-9/h7-9,13H,2-6H2,1H3. The van der Waals surface area contributed by atoms with Gasteiger partial charge in [-0.3, -0.25) is 0 Å². The second-order valence-electron chi connectivity index (χ2n) is 4.10. The van der Waals surface area contributed by atoms with E-state index in [1.54, 1.807) is 18.3 Å². The van der Waals surface area contributed by atoms with E-state index in [4.69, 9.17) is 4.74 Å². The van der Waals surface area contributed by atoms with Crippen LogP contribution in [0.2, 0.25) is 0 Å². The molecule has 0 bridgehead atoms. The van der Waals surface area contributed by atoms with Gasteiger partial charge < -0.3 is 9.84 Å². The third-order valence-electron chi connectivity index (χ3n) is 2.80. The molecule has 4 heteroatoms. The Morgan fingerprint density at radius 2 is 2.33 bits per heavy atom. The number of hydrogen-bond donors (Lipinski definition) is 1. The maximum absolute atomic E-state index is 9.37. The molecule has 1 atom stereocenters. The van der Waals surface area contributed by atoms with Gasteiger partial charge in [-0.05, 0) is 25.7 Å². The molecule has 1 aromatic rings. The normalized spacial score (nSPS) is 20.4. The van der Waals surface area contributed by atoms with Crippen LogP contribution in [-0.4, -0.2) is 23.3 Å². The Bertz CT molecular complexity index is 305. The Morgan fingerprint density at radius 1 is 1.60 bits per heavy atom. The van der Waals surface area contributed by atoms with E-state index in [1.807, 2.05) is 5.38 Å². The maximum atomic E-state index is 9.37. The predicted molar refractivity (Wildman–Crippen MR) is 60.0 cm³/mol. The van der Waals surface area contributed by atoms with Crippen molar-refractivity contribution in [3.8, 4) is 0 Å². The molecule has 1 aliphatic heterocycles. The van der Waals surface area contributed by atoms with Crippen molar-refractivity contribution in [2.75, 3.05) is 13.2 Å². The molecule has 1 fully saturated rings. The number of ether oxygens (including phenoxy) is 1. The highest BCUT2D eigenvalue weighted by atomic mass is 32.1. The van der Waals surface area contributed by atoms with E-state index in [0.717, 1.165) is 43.2 Å². The van der Waals surface area contributed by atoms with Gasteiger partial charge in [-0.1, -0.05) is 0 Å². The van der Waals surface area contributed by atoms with Crippen LogP contribution >= 0.6 is 11.3 Å². The zero-order valence-electron chi connectivity index (χ0n) is 8.98. The zero-order chi connectivity index (χ0) is 10.7. The lowest BCUT2D eigenvalue weighted by Crippen LogP contribution is -2.17. The highest BCUT2D eigenvalue weighted by Crippen LogP contribution is 2.23. The molecule has 15 heavy (non-hydrogen) atoms.